The lowest BCUT2D eigenvalue weighted by Gasteiger charge is -2.20. The molecule has 3 N–H and O–H groups in total. The molecular weight excluding hydrogens is 380 g/mol. The third-order valence-corrected chi connectivity index (χ3v) is 5.91. The van der Waals surface area contributed by atoms with Gasteiger partial charge in [-0.3, -0.25) is 0 Å². The zero-order valence-corrected chi connectivity index (χ0v) is 19.4. The first-order chi connectivity index (χ1) is 14.7. The number of ether oxygens (including phenoxy) is 2. The van der Waals surface area contributed by atoms with Gasteiger partial charge in [0.15, 0.2) is 0 Å². The van der Waals surface area contributed by atoms with Crippen LogP contribution in [0, 0.1) is 0 Å². The molecule has 5 heteroatoms. The normalized spacial score (nSPS) is 22.9. The number of allylic oxidation sites excluding steroid dienone is 2. The molecule has 1 aliphatic heterocycles. The molecule has 0 aromatic heterocycles. The number of aliphatic hydroxyl groups excluding tert-OH is 3. The second kappa shape index (κ2) is 19.2. The van der Waals surface area contributed by atoms with Crippen LogP contribution in [0.4, 0.5) is 0 Å². The second-order valence-electron chi connectivity index (χ2n) is 8.79. The van der Waals surface area contributed by atoms with Crippen LogP contribution >= 0.6 is 0 Å². The predicted molar refractivity (Wildman–Crippen MR) is 123 cm³/mol. The topological polar surface area (TPSA) is 79.2 Å². The van der Waals surface area contributed by atoms with Gasteiger partial charge < -0.3 is 24.8 Å². The van der Waals surface area contributed by atoms with Crippen LogP contribution in [0.3, 0.4) is 0 Å². The largest absolute Gasteiger partial charge is 0.388 e. The van der Waals surface area contributed by atoms with Crippen molar-refractivity contribution < 1.29 is 24.8 Å². The molecule has 0 spiro atoms. The maximum absolute atomic E-state index is 9.95. The van der Waals surface area contributed by atoms with Crippen molar-refractivity contribution in [1.82, 2.24) is 0 Å². The van der Waals surface area contributed by atoms with E-state index in [1.165, 1.54) is 83.5 Å². The van der Waals surface area contributed by atoms with Gasteiger partial charge in [0, 0.05) is 6.61 Å². The molecule has 1 rings (SSSR count). The number of hydrogen-bond acceptors (Lipinski definition) is 5. The Balaban J connectivity index is 1.77. The fourth-order valence-electron chi connectivity index (χ4n) is 3.89. The summed E-state index contributed by atoms with van der Waals surface area (Å²) in [6.07, 6.45) is 20.5. The zero-order valence-electron chi connectivity index (χ0n) is 19.4. The molecule has 4 atom stereocenters. The Bertz CT molecular complexity index is 401. The van der Waals surface area contributed by atoms with Crippen LogP contribution in [-0.2, 0) is 9.47 Å². The Kier molecular flexibility index (Phi) is 17.7. The van der Waals surface area contributed by atoms with E-state index in [9.17, 15) is 15.3 Å². The molecule has 1 heterocycles. The standard InChI is InChI=1S/C25H48O5/c1-2-3-4-5-6-7-8-9-10-11-12-13-14-15-16-17-18-19-29-20-23(27)25-24(28)22(26)21-30-25/h10-11,22-28H,2-9,12-21H2,1H3/b11-10+/t22-,23+,24+,25+/m0/s1. The Labute approximate surface area is 184 Å². The highest BCUT2D eigenvalue weighted by Crippen LogP contribution is 2.18. The third-order valence-electron chi connectivity index (χ3n) is 5.91. The molecule has 0 radical (unpaired) electrons. The smallest absolute Gasteiger partial charge is 0.114 e. The summed E-state index contributed by atoms with van der Waals surface area (Å²) < 4.78 is 10.7. The van der Waals surface area contributed by atoms with Crippen molar-refractivity contribution in [2.24, 2.45) is 0 Å². The molecule has 1 saturated heterocycles. The maximum Gasteiger partial charge on any atom is 0.114 e. The van der Waals surface area contributed by atoms with Crippen molar-refractivity contribution in [3.8, 4) is 0 Å². The minimum atomic E-state index is -1.03. The highest BCUT2D eigenvalue weighted by molar-refractivity contribution is 4.87. The fraction of sp³-hybridized carbons (Fsp3) is 0.920. The average molecular weight is 429 g/mol. The second-order valence-corrected chi connectivity index (χ2v) is 8.79. The molecule has 0 aliphatic carbocycles. The Morgan fingerprint density at radius 2 is 1.37 bits per heavy atom. The molecule has 1 fully saturated rings. The molecule has 0 amide bonds. The van der Waals surface area contributed by atoms with E-state index in [2.05, 4.69) is 19.1 Å². The van der Waals surface area contributed by atoms with E-state index in [4.69, 9.17) is 9.47 Å². The van der Waals surface area contributed by atoms with Crippen molar-refractivity contribution in [2.45, 2.75) is 128 Å². The van der Waals surface area contributed by atoms with Crippen LogP contribution in [0.25, 0.3) is 0 Å². The van der Waals surface area contributed by atoms with E-state index in [0.29, 0.717) is 6.61 Å². The Hall–Kier alpha value is -0.460. The summed E-state index contributed by atoms with van der Waals surface area (Å²) in [7, 11) is 0. The Morgan fingerprint density at radius 3 is 1.90 bits per heavy atom. The minimum Gasteiger partial charge on any atom is -0.388 e. The molecular formula is C25H48O5. The molecule has 178 valence electrons. The highest BCUT2D eigenvalue weighted by Gasteiger charge is 2.39. The molecule has 1 aliphatic rings. The maximum atomic E-state index is 9.95. The van der Waals surface area contributed by atoms with Crippen LogP contribution in [0.5, 0.6) is 0 Å². The van der Waals surface area contributed by atoms with E-state index in [-0.39, 0.29) is 13.2 Å². The van der Waals surface area contributed by atoms with Crippen LogP contribution in [0.2, 0.25) is 0 Å². The Morgan fingerprint density at radius 1 is 0.833 bits per heavy atom. The van der Waals surface area contributed by atoms with Crippen molar-refractivity contribution in [3.63, 3.8) is 0 Å². The molecule has 0 unspecified atom stereocenters. The zero-order chi connectivity index (χ0) is 21.9. The third kappa shape index (κ3) is 13.8. The first-order valence-corrected chi connectivity index (χ1v) is 12.5. The first-order valence-electron chi connectivity index (χ1n) is 12.5. The van der Waals surface area contributed by atoms with Crippen LogP contribution in [0.15, 0.2) is 12.2 Å². The van der Waals surface area contributed by atoms with Gasteiger partial charge in [-0.05, 0) is 32.1 Å². The lowest BCUT2D eigenvalue weighted by Crippen LogP contribution is -2.40. The van der Waals surface area contributed by atoms with Gasteiger partial charge in [-0.15, -0.1) is 0 Å². The van der Waals surface area contributed by atoms with Gasteiger partial charge in [0.1, 0.15) is 24.4 Å². The average Bonchev–Trinajstić information content (AvgIpc) is 3.08. The van der Waals surface area contributed by atoms with E-state index in [1.54, 1.807) is 0 Å². The fourth-order valence-corrected chi connectivity index (χ4v) is 3.89. The molecule has 0 aromatic rings. The first kappa shape index (κ1) is 27.6. The summed E-state index contributed by atoms with van der Waals surface area (Å²) in [5.74, 6) is 0. The van der Waals surface area contributed by atoms with Crippen LogP contribution < -0.4 is 0 Å². The van der Waals surface area contributed by atoms with Gasteiger partial charge in [-0.1, -0.05) is 83.3 Å². The minimum absolute atomic E-state index is 0.0673. The van der Waals surface area contributed by atoms with Crippen molar-refractivity contribution in [3.05, 3.63) is 12.2 Å². The van der Waals surface area contributed by atoms with E-state index in [1.807, 2.05) is 0 Å². The van der Waals surface area contributed by atoms with Crippen LogP contribution in [-0.4, -0.2) is 59.6 Å². The lowest BCUT2D eigenvalue weighted by molar-refractivity contribution is -0.0813. The van der Waals surface area contributed by atoms with E-state index in [0.717, 1.165) is 12.8 Å². The molecule has 0 saturated carbocycles. The number of unbranched alkanes of at least 4 members (excludes halogenated alkanes) is 13. The lowest BCUT2D eigenvalue weighted by atomic mass is 10.1. The quantitative estimate of drug-likeness (QED) is 0.190. The molecule has 5 nitrogen and oxygen atoms in total. The van der Waals surface area contributed by atoms with Gasteiger partial charge >= 0.3 is 0 Å². The van der Waals surface area contributed by atoms with E-state index >= 15 is 0 Å². The van der Waals surface area contributed by atoms with Gasteiger partial charge in [0.05, 0.1) is 13.2 Å². The SMILES string of the molecule is CCCCCCCCC/C=C/CCCCCCCCOC[C@@H](O)[C@H]1OC[C@H](O)[C@H]1O. The summed E-state index contributed by atoms with van der Waals surface area (Å²) in [4.78, 5) is 0. The number of hydrogen-bond donors (Lipinski definition) is 3. The van der Waals surface area contributed by atoms with Crippen molar-refractivity contribution in [1.29, 1.82) is 0 Å². The van der Waals surface area contributed by atoms with Crippen LogP contribution in [0.1, 0.15) is 103 Å². The van der Waals surface area contributed by atoms with Crippen molar-refractivity contribution >= 4 is 0 Å². The van der Waals surface area contributed by atoms with Gasteiger partial charge in [0.2, 0.25) is 0 Å². The van der Waals surface area contributed by atoms with Crippen molar-refractivity contribution in [2.75, 3.05) is 19.8 Å². The summed E-state index contributed by atoms with van der Waals surface area (Å²) >= 11 is 0. The van der Waals surface area contributed by atoms with Gasteiger partial charge in [-0.2, -0.15) is 0 Å². The number of aliphatic hydroxyl groups is 3. The summed E-state index contributed by atoms with van der Waals surface area (Å²) in [5.41, 5.74) is 0. The summed E-state index contributed by atoms with van der Waals surface area (Å²) in [6, 6.07) is 0. The van der Waals surface area contributed by atoms with Gasteiger partial charge in [-0.25, -0.2) is 0 Å². The van der Waals surface area contributed by atoms with Gasteiger partial charge in [0.25, 0.3) is 0 Å². The summed E-state index contributed by atoms with van der Waals surface area (Å²) in [5, 5.41) is 29.1. The van der Waals surface area contributed by atoms with E-state index < -0.39 is 24.4 Å². The highest BCUT2D eigenvalue weighted by atomic mass is 16.5. The monoisotopic (exact) mass is 428 g/mol. The molecule has 0 aromatic carbocycles. The predicted octanol–water partition coefficient (Wildman–Crippen LogP) is 4.91. The molecule has 30 heavy (non-hydrogen) atoms. The molecule has 0 bridgehead atoms. The summed E-state index contributed by atoms with van der Waals surface area (Å²) in [6.45, 7) is 3.09. The number of rotatable bonds is 20.